The van der Waals surface area contributed by atoms with Crippen LogP contribution in [0.2, 0.25) is 5.02 Å². The van der Waals surface area contributed by atoms with Crippen LogP contribution in [-0.4, -0.2) is 12.5 Å². The summed E-state index contributed by atoms with van der Waals surface area (Å²) in [5, 5.41) is 3.42. The van der Waals surface area contributed by atoms with Crippen LogP contribution in [0.4, 0.5) is 5.69 Å². The van der Waals surface area contributed by atoms with Gasteiger partial charge in [-0.25, -0.2) is 0 Å². The first-order chi connectivity index (χ1) is 8.92. The fourth-order valence-corrected chi connectivity index (χ4v) is 2.29. The smallest absolute Gasteiger partial charge is 0.224 e. The zero-order valence-electron chi connectivity index (χ0n) is 11.9. The van der Waals surface area contributed by atoms with E-state index in [1.54, 1.807) is 6.07 Å². The summed E-state index contributed by atoms with van der Waals surface area (Å²) in [5.74, 6) is 0.746. The van der Waals surface area contributed by atoms with E-state index in [0.29, 0.717) is 29.6 Å². The second-order valence-corrected chi connectivity index (χ2v) is 5.87. The SMILES string of the molecule is Cc1ccc(Cl)c(NC(=O)C[C@@H](CN)CC(C)C)c1. The van der Waals surface area contributed by atoms with Crippen molar-refractivity contribution in [1.29, 1.82) is 0 Å². The van der Waals surface area contributed by atoms with Gasteiger partial charge in [-0.1, -0.05) is 31.5 Å². The van der Waals surface area contributed by atoms with E-state index >= 15 is 0 Å². The van der Waals surface area contributed by atoms with E-state index < -0.39 is 0 Å². The highest BCUT2D eigenvalue weighted by molar-refractivity contribution is 6.33. The van der Waals surface area contributed by atoms with Crippen molar-refractivity contribution in [3.8, 4) is 0 Å². The van der Waals surface area contributed by atoms with Gasteiger partial charge in [0.2, 0.25) is 5.91 Å². The predicted octanol–water partition coefficient (Wildman–Crippen LogP) is 3.60. The molecule has 0 heterocycles. The van der Waals surface area contributed by atoms with Crippen molar-refractivity contribution in [2.45, 2.75) is 33.6 Å². The molecule has 4 heteroatoms. The number of hydrogen-bond donors (Lipinski definition) is 2. The quantitative estimate of drug-likeness (QED) is 0.838. The van der Waals surface area contributed by atoms with Crippen LogP contribution in [0.1, 0.15) is 32.3 Å². The molecule has 19 heavy (non-hydrogen) atoms. The van der Waals surface area contributed by atoms with Crippen LogP contribution >= 0.6 is 11.6 Å². The minimum atomic E-state index is -0.0244. The molecule has 0 fully saturated rings. The third kappa shape index (κ3) is 5.62. The van der Waals surface area contributed by atoms with Crippen LogP contribution < -0.4 is 11.1 Å². The Morgan fingerprint density at radius 2 is 2.11 bits per heavy atom. The van der Waals surface area contributed by atoms with Crippen LogP contribution in [-0.2, 0) is 4.79 Å². The van der Waals surface area contributed by atoms with Crippen LogP contribution in [0.5, 0.6) is 0 Å². The molecule has 0 saturated carbocycles. The number of nitrogens with two attached hydrogens (primary N) is 1. The van der Waals surface area contributed by atoms with Gasteiger partial charge in [0.15, 0.2) is 0 Å². The molecule has 0 radical (unpaired) electrons. The normalized spacial score (nSPS) is 12.5. The molecular weight excluding hydrogens is 260 g/mol. The van der Waals surface area contributed by atoms with Gasteiger partial charge in [0.1, 0.15) is 0 Å². The van der Waals surface area contributed by atoms with E-state index in [1.807, 2.05) is 19.1 Å². The van der Waals surface area contributed by atoms with Crippen LogP contribution in [0.25, 0.3) is 0 Å². The maximum absolute atomic E-state index is 12.0. The molecule has 1 aromatic carbocycles. The number of hydrogen-bond acceptors (Lipinski definition) is 2. The molecule has 106 valence electrons. The van der Waals surface area contributed by atoms with Crippen molar-refractivity contribution in [2.24, 2.45) is 17.6 Å². The Hall–Kier alpha value is -1.06. The number of carbonyl (C=O) groups excluding carboxylic acids is 1. The molecule has 0 saturated heterocycles. The Bertz CT molecular complexity index is 432. The lowest BCUT2D eigenvalue weighted by molar-refractivity contribution is -0.117. The maximum atomic E-state index is 12.0. The van der Waals surface area contributed by atoms with Crippen molar-refractivity contribution in [2.75, 3.05) is 11.9 Å². The lowest BCUT2D eigenvalue weighted by Gasteiger charge is -2.17. The summed E-state index contributed by atoms with van der Waals surface area (Å²) in [7, 11) is 0. The third-order valence-electron chi connectivity index (χ3n) is 3.01. The van der Waals surface area contributed by atoms with Gasteiger partial charge >= 0.3 is 0 Å². The molecule has 1 amide bonds. The summed E-state index contributed by atoms with van der Waals surface area (Å²) in [6, 6.07) is 5.58. The molecule has 1 aromatic rings. The highest BCUT2D eigenvalue weighted by atomic mass is 35.5. The Labute approximate surface area is 120 Å². The third-order valence-corrected chi connectivity index (χ3v) is 3.34. The number of benzene rings is 1. The molecule has 3 N–H and O–H groups in total. The van der Waals surface area contributed by atoms with Crippen molar-refractivity contribution in [3.05, 3.63) is 28.8 Å². The molecular formula is C15H23ClN2O. The van der Waals surface area contributed by atoms with Crippen molar-refractivity contribution < 1.29 is 4.79 Å². The molecule has 3 nitrogen and oxygen atoms in total. The minimum absolute atomic E-state index is 0.0244. The molecule has 0 unspecified atom stereocenters. The number of nitrogens with one attached hydrogen (secondary N) is 1. The van der Waals surface area contributed by atoms with Crippen LogP contribution in [0.15, 0.2) is 18.2 Å². The predicted molar refractivity (Wildman–Crippen MR) is 81.4 cm³/mol. The van der Waals surface area contributed by atoms with E-state index in [0.717, 1.165) is 12.0 Å². The molecule has 1 atom stereocenters. The number of anilines is 1. The average Bonchev–Trinajstić information content (AvgIpc) is 2.32. The molecule has 1 rings (SSSR count). The van der Waals surface area contributed by atoms with E-state index in [2.05, 4.69) is 19.2 Å². The van der Waals surface area contributed by atoms with E-state index in [9.17, 15) is 4.79 Å². The first kappa shape index (κ1) is 16.0. The number of amides is 1. The van der Waals surface area contributed by atoms with E-state index in [1.165, 1.54) is 0 Å². The Balaban J connectivity index is 2.61. The Kier molecular flexibility index (Phi) is 6.32. The topological polar surface area (TPSA) is 55.1 Å². The van der Waals surface area contributed by atoms with Gasteiger partial charge in [0, 0.05) is 6.42 Å². The summed E-state index contributed by atoms with van der Waals surface area (Å²) >= 11 is 6.06. The number of rotatable bonds is 6. The summed E-state index contributed by atoms with van der Waals surface area (Å²) in [6.07, 6.45) is 1.41. The van der Waals surface area contributed by atoms with Gasteiger partial charge in [0.25, 0.3) is 0 Å². The standard InChI is InChI=1S/C15H23ClN2O/c1-10(2)6-12(9-17)8-15(19)18-14-7-11(3)4-5-13(14)16/h4-5,7,10,12H,6,8-9,17H2,1-3H3,(H,18,19)/t12-/m0/s1. The lowest BCUT2D eigenvalue weighted by Crippen LogP contribution is -2.23. The summed E-state index contributed by atoms with van der Waals surface area (Å²) in [4.78, 5) is 12.0. The Morgan fingerprint density at radius 3 is 2.68 bits per heavy atom. The first-order valence-electron chi connectivity index (χ1n) is 6.68. The van der Waals surface area contributed by atoms with Gasteiger partial charge in [-0.3, -0.25) is 4.79 Å². The van der Waals surface area contributed by atoms with Gasteiger partial charge in [-0.15, -0.1) is 0 Å². The number of carbonyl (C=O) groups is 1. The van der Waals surface area contributed by atoms with Gasteiger partial charge in [-0.05, 0) is 49.4 Å². The summed E-state index contributed by atoms with van der Waals surface area (Å²) in [5.41, 5.74) is 7.45. The summed E-state index contributed by atoms with van der Waals surface area (Å²) < 4.78 is 0. The largest absolute Gasteiger partial charge is 0.330 e. The lowest BCUT2D eigenvalue weighted by atomic mass is 9.94. The van der Waals surface area contributed by atoms with Gasteiger partial charge in [-0.2, -0.15) is 0 Å². The van der Waals surface area contributed by atoms with Crippen molar-refractivity contribution in [3.63, 3.8) is 0 Å². The van der Waals surface area contributed by atoms with Crippen LogP contribution in [0, 0.1) is 18.8 Å². The zero-order chi connectivity index (χ0) is 14.4. The monoisotopic (exact) mass is 282 g/mol. The fraction of sp³-hybridized carbons (Fsp3) is 0.533. The second-order valence-electron chi connectivity index (χ2n) is 5.47. The van der Waals surface area contributed by atoms with Crippen molar-refractivity contribution >= 4 is 23.2 Å². The molecule has 0 aliphatic rings. The first-order valence-corrected chi connectivity index (χ1v) is 7.06. The Morgan fingerprint density at radius 1 is 1.42 bits per heavy atom. The fourth-order valence-electron chi connectivity index (χ4n) is 2.13. The van der Waals surface area contributed by atoms with E-state index in [4.69, 9.17) is 17.3 Å². The maximum Gasteiger partial charge on any atom is 0.224 e. The molecule has 0 bridgehead atoms. The van der Waals surface area contributed by atoms with Gasteiger partial charge in [0.05, 0.1) is 10.7 Å². The number of aryl methyl sites for hydroxylation is 1. The van der Waals surface area contributed by atoms with Crippen LogP contribution in [0.3, 0.4) is 0 Å². The molecule has 0 aliphatic heterocycles. The molecule has 0 aromatic heterocycles. The van der Waals surface area contributed by atoms with Gasteiger partial charge < -0.3 is 11.1 Å². The highest BCUT2D eigenvalue weighted by Crippen LogP contribution is 2.23. The molecule has 0 spiro atoms. The average molecular weight is 283 g/mol. The second kappa shape index (κ2) is 7.51. The summed E-state index contributed by atoms with van der Waals surface area (Å²) in [6.45, 7) is 6.77. The molecule has 0 aliphatic carbocycles. The zero-order valence-corrected chi connectivity index (χ0v) is 12.6. The highest BCUT2D eigenvalue weighted by Gasteiger charge is 2.15. The number of halogens is 1. The van der Waals surface area contributed by atoms with Crippen molar-refractivity contribution in [1.82, 2.24) is 0 Å². The minimum Gasteiger partial charge on any atom is -0.330 e. The van der Waals surface area contributed by atoms with E-state index in [-0.39, 0.29) is 11.8 Å².